The van der Waals surface area contributed by atoms with Crippen LogP contribution in [0.2, 0.25) is 0 Å². The Morgan fingerprint density at radius 3 is 2.75 bits per heavy atom. The lowest BCUT2D eigenvalue weighted by molar-refractivity contribution is 0.0736. The third-order valence-corrected chi connectivity index (χ3v) is 6.19. The summed E-state index contributed by atoms with van der Waals surface area (Å²) >= 11 is 0. The summed E-state index contributed by atoms with van der Waals surface area (Å²) in [7, 11) is 0. The molecular formula is C24H25N3O. The SMILES string of the molecule is O=C(c1ccc2ncccc2c1)N1C[C@@H]2CC[C@H](C1)N(Cc1ccccc1)C2. The Balaban J connectivity index is 1.35. The molecule has 0 saturated carbocycles. The maximum absolute atomic E-state index is 13.3. The molecule has 0 unspecified atom stereocenters. The number of aromatic nitrogens is 1. The van der Waals surface area contributed by atoms with Gasteiger partial charge in [0, 0.05) is 49.4 Å². The molecule has 0 N–H and O–H groups in total. The zero-order chi connectivity index (χ0) is 18.9. The van der Waals surface area contributed by atoms with Crippen LogP contribution in [0.25, 0.3) is 10.9 Å². The number of hydrogen-bond acceptors (Lipinski definition) is 3. The molecule has 0 spiro atoms. The first-order chi connectivity index (χ1) is 13.8. The van der Waals surface area contributed by atoms with Crippen molar-refractivity contribution in [2.24, 2.45) is 5.92 Å². The van der Waals surface area contributed by atoms with Crippen LogP contribution in [0.15, 0.2) is 66.9 Å². The summed E-state index contributed by atoms with van der Waals surface area (Å²) in [5.74, 6) is 0.720. The standard InChI is InChI=1S/C24H25N3O/c28-24(21-9-11-23-20(13-21)7-4-12-25-23)27-16-19-8-10-22(17-27)26(15-19)14-18-5-2-1-3-6-18/h1-7,9,11-13,19,22H,8,10,14-17H2/t19-,22-/m1/s1. The molecule has 3 saturated heterocycles. The predicted molar refractivity (Wildman–Crippen MR) is 111 cm³/mol. The van der Waals surface area contributed by atoms with Crippen LogP contribution >= 0.6 is 0 Å². The second kappa shape index (κ2) is 7.36. The fraction of sp³-hybridized carbons (Fsp3) is 0.333. The molecular weight excluding hydrogens is 346 g/mol. The van der Waals surface area contributed by atoms with Gasteiger partial charge in [0.15, 0.2) is 0 Å². The quantitative estimate of drug-likeness (QED) is 0.699. The van der Waals surface area contributed by atoms with Gasteiger partial charge in [0.2, 0.25) is 0 Å². The van der Waals surface area contributed by atoms with Crippen LogP contribution in [0.4, 0.5) is 0 Å². The highest BCUT2D eigenvalue weighted by molar-refractivity contribution is 5.98. The van der Waals surface area contributed by atoms with Crippen LogP contribution in [0.1, 0.15) is 28.8 Å². The number of amides is 1. The fourth-order valence-electron chi connectivity index (χ4n) is 4.75. The fourth-order valence-corrected chi connectivity index (χ4v) is 4.75. The van der Waals surface area contributed by atoms with Crippen molar-refractivity contribution in [1.82, 2.24) is 14.8 Å². The summed E-state index contributed by atoms with van der Waals surface area (Å²) in [6, 6.07) is 20.9. The second-order valence-electron chi connectivity index (χ2n) is 8.13. The summed E-state index contributed by atoms with van der Waals surface area (Å²) in [5, 5.41) is 1.02. The van der Waals surface area contributed by atoms with Crippen LogP contribution in [-0.4, -0.2) is 46.4 Å². The molecule has 1 amide bonds. The van der Waals surface area contributed by atoms with Crippen molar-refractivity contribution in [3.8, 4) is 0 Å². The molecule has 4 nitrogen and oxygen atoms in total. The summed E-state index contributed by atoms with van der Waals surface area (Å²) < 4.78 is 0. The smallest absolute Gasteiger partial charge is 0.253 e. The minimum Gasteiger partial charge on any atom is -0.337 e. The molecule has 4 heterocycles. The van der Waals surface area contributed by atoms with Crippen LogP contribution < -0.4 is 0 Å². The van der Waals surface area contributed by atoms with Gasteiger partial charge in [0.05, 0.1) is 5.52 Å². The Bertz CT molecular complexity index is 987. The van der Waals surface area contributed by atoms with Gasteiger partial charge >= 0.3 is 0 Å². The van der Waals surface area contributed by atoms with E-state index in [4.69, 9.17) is 0 Å². The average molecular weight is 371 g/mol. The van der Waals surface area contributed by atoms with Crippen LogP contribution in [0.3, 0.4) is 0 Å². The van der Waals surface area contributed by atoms with Crippen molar-refractivity contribution in [1.29, 1.82) is 0 Å². The zero-order valence-electron chi connectivity index (χ0n) is 16.0. The van der Waals surface area contributed by atoms with Crippen LogP contribution in [0, 0.1) is 5.92 Å². The first-order valence-electron chi connectivity index (χ1n) is 10.2. The van der Waals surface area contributed by atoms with E-state index in [1.807, 2.05) is 30.3 Å². The van der Waals surface area contributed by atoms with Crippen molar-refractivity contribution in [3.63, 3.8) is 0 Å². The molecule has 3 aliphatic rings. The molecule has 28 heavy (non-hydrogen) atoms. The summed E-state index contributed by atoms with van der Waals surface area (Å²) in [6.45, 7) is 3.76. The van der Waals surface area contributed by atoms with Gasteiger partial charge in [-0.1, -0.05) is 36.4 Å². The van der Waals surface area contributed by atoms with Crippen LogP contribution in [0.5, 0.6) is 0 Å². The van der Waals surface area contributed by atoms with Crippen molar-refractivity contribution in [2.45, 2.75) is 25.4 Å². The molecule has 1 aromatic heterocycles. The number of nitrogens with zero attached hydrogens (tertiary/aromatic N) is 3. The minimum atomic E-state index is 0.157. The van der Waals surface area contributed by atoms with Gasteiger partial charge in [-0.05, 0) is 48.6 Å². The third kappa shape index (κ3) is 3.40. The Hall–Kier alpha value is -2.72. The van der Waals surface area contributed by atoms with Crippen molar-refractivity contribution >= 4 is 16.8 Å². The summed E-state index contributed by atoms with van der Waals surface area (Å²) in [4.78, 5) is 22.3. The Kier molecular flexibility index (Phi) is 4.57. The Labute approximate surface area is 165 Å². The van der Waals surface area contributed by atoms with E-state index in [1.165, 1.54) is 18.4 Å². The zero-order valence-corrected chi connectivity index (χ0v) is 16.0. The van der Waals surface area contributed by atoms with Crippen molar-refractivity contribution in [2.75, 3.05) is 19.6 Å². The Morgan fingerprint density at radius 1 is 0.964 bits per heavy atom. The molecule has 2 aromatic carbocycles. The first-order valence-corrected chi connectivity index (χ1v) is 10.2. The molecule has 3 aliphatic heterocycles. The maximum atomic E-state index is 13.3. The van der Waals surface area contributed by atoms with E-state index in [9.17, 15) is 4.79 Å². The highest BCUT2D eigenvalue weighted by atomic mass is 16.2. The number of carbonyl (C=O) groups is 1. The highest BCUT2D eigenvalue weighted by Crippen LogP contribution is 2.30. The van der Waals surface area contributed by atoms with Gasteiger partial charge < -0.3 is 4.90 Å². The van der Waals surface area contributed by atoms with E-state index in [-0.39, 0.29) is 5.91 Å². The van der Waals surface area contributed by atoms with Crippen LogP contribution in [-0.2, 0) is 6.54 Å². The van der Waals surface area contributed by atoms with Crippen molar-refractivity contribution < 1.29 is 4.79 Å². The van der Waals surface area contributed by atoms with E-state index in [0.717, 1.165) is 42.6 Å². The normalized spacial score (nSPS) is 22.4. The summed E-state index contributed by atoms with van der Waals surface area (Å²) in [5.41, 5.74) is 3.07. The number of piperidine rings is 1. The number of benzene rings is 2. The van der Waals surface area contributed by atoms with Crippen molar-refractivity contribution in [3.05, 3.63) is 78.0 Å². The molecule has 3 aromatic rings. The number of fused-ring (bicyclic) bond motifs is 5. The topological polar surface area (TPSA) is 36.4 Å². The molecule has 4 heteroatoms. The summed E-state index contributed by atoms with van der Waals surface area (Å²) in [6.07, 6.45) is 4.20. The Morgan fingerprint density at radius 2 is 1.86 bits per heavy atom. The molecule has 6 rings (SSSR count). The van der Waals surface area contributed by atoms with E-state index in [0.29, 0.717) is 12.0 Å². The molecule has 0 radical (unpaired) electrons. The highest BCUT2D eigenvalue weighted by Gasteiger charge is 2.36. The molecule has 2 bridgehead atoms. The molecule has 142 valence electrons. The average Bonchev–Trinajstić information content (AvgIpc) is 3.05. The van der Waals surface area contributed by atoms with Gasteiger partial charge in [0.1, 0.15) is 0 Å². The number of hydrogen-bond donors (Lipinski definition) is 0. The molecule has 2 atom stereocenters. The molecule has 3 fully saturated rings. The van der Waals surface area contributed by atoms with E-state index >= 15 is 0 Å². The minimum absolute atomic E-state index is 0.157. The number of pyridine rings is 1. The molecule has 0 aliphatic carbocycles. The third-order valence-electron chi connectivity index (χ3n) is 6.19. The second-order valence-corrected chi connectivity index (χ2v) is 8.13. The first kappa shape index (κ1) is 17.4. The monoisotopic (exact) mass is 371 g/mol. The van der Waals surface area contributed by atoms with Gasteiger partial charge in [-0.3, -0.25) is 14.7 Å². The van der Waals surface area contributed by atoms with Gasteiger partial charge in [0.25, 0.3) is 5.91 Å². The lowest BCUT2D eigenvalue weighted by Gasteiger charge is -2.36. The van der Waals surface area contributed by atoms with E-state index < -0.39 is 0 Å². The predicted octanol–water partition coefficient (Wildman–Crippen LogP) is 3.97. The lowest BCUT2D eigenvalue weighted by Crippen LogP contribution is -2.43. The lowest BCUT2D eigenvalue weighted by atomic mass is 9.94. The number of rotatable bonds is 3. The van der Waals surface area contributed by atoms with Gasteiger partial charge in [-0.15, -0.1) is 0 Å². The van der Waals surface area contributed by atoms with Gasteiger partial charge in [-0.2, -0.15) is 0 Å². The van der Waals surface area contributed by atoms with E-state index in [2.05, 4.69) is 45.1 Å². The van der Waals surface area contributed by atoms with E-state index in [1.54, 1.807) is 6.20 Å². The van der Waals surface area contributed by atoms with Gasteiger partial charge in [-0.25, -0.2) is 0 Å². The maximum Gasteiger partial charge on any atom is 0.253 e. The number of carbonyl (C=O) groups excluding carboxylic acids is 1. The largest absolute Gasteiger partial charge is 0.337 e.